The van der Waals surface area contributed by atoms with Gasteiger partial charge < -0.3 is 14.6 Å². The number of hydrogen-bond acceptors (Lipinski definition) is 8. The predicted octanol–water partition coefficient (Wildman–Crippen LogP) is 6.37. The number of carboxylic acid groups (broad SMARTS) is 1. The molecule has 0 bridgehead atoms. The molecule has 38 heavy (non-hydrogen) atoms. The van der Waals surface area contributed by atoms with Crippen LogP contribution in [0.15, 0.2) is 60.7 Å². The average molecular weight is 549 g/mol. The molecule has 0 saturated heterocycles. The maximum absolute atomic E-state index is 12.6. The van der Waals surface area contributed by atoms with Gasteiger partial charge in [-0.05, 0) is 36.2 Å². The second kappa shape index (κ2) is 10.6. The van der Waals surface area contributed by atoms with Crippen molar-refractivity contribution >= 4 is 50.0 Å². The van der Waals surface area contributed by atoms with Gasteiger partial charge in [0, 0.05) is 26.9 Å². The molecule has 3 heterocycles. The Balaban J connectivity index is 1.36. The van der Waals surface area contributed by atoms with E-state index in [0.717, 1.165) is 30.3 Å². The normalized spacial score (nSPS) is 11.9. The van der Waals surface area contributed by atoms with Crippen molar-refractivity contribution in [1.82, 2.24) is 15.0 Å². The van der Waals surface area contributed by atoms with Crippen LogP contribution in [0.3, 0.4) is 0 Å². The SMILES string of the molecule is COc1cc(-c2cc3sc(-c4nnn(C)c4NC(=O)O[C@H](C)c4ccccc4)cc3s2)ccc1CC(=O)O. The highest BCUT2D eigenvalue weighted by atomic mass is 32.1. The van der Waals surface area contributed by atoms with Crippen LogP contribution in [0, 0.1) is 0 Å². The van der Waals surface area contributed by atoms with Gasteiger partial charge in [0.2, 0.25) is 0 Å². The third-order valence-electron chi connectivity index (χ3n) is 5.95. The third kappa shape index (κ3) is 5.24. The molecule has 0 spiro atoms. The molecule has 2 N–H and O–H groups in total. The van der Waals surface area contributed by atoms with Crippen molar-refractivity contribution in [2.24, 2.45) is 7.05 Å². The van der Waals surface area contributed by atoms with Gasteiger partial charge >= 0.3 is 12.1 Å². The molecule has 0 radical (unpaired) electrons. The number of thiophene rings is 2. The second-order valence-electron chi connectivity index (χ2n) is 8.54. The van der Waals surface area contributed by atoms with E-state index in [2.05, 4.69) is 21.7 Å². The number of nitrogens with one attached hydrogen (secondary N) is 1. The summed E-state index contributed by atoms with van der Waals surface area (Å²) in [4.78, 5) is 25.7. The number of anilines is 1. The smallest absolute Gasteiger partial charge is 0.413 e. The maximum Gasteiger partial charge on any atom is 0.413 e. The largest absolute Gasteiger partial charge is 0.496 e. The number of methoxy groups -OCH3 is 1. The molecule has 2 aromatic carbocycles. The molecule has 1 amide bonds. The van der Waals surface area contributed by atoms with Gasteiger partial charge in [0.05, 0.1) is 18.4 Å². The first-order chi connectivity index (χ1) is 18.3. The fourth-order valence-corrected chi connectivity index (χ4v) is 6.42. The zero-order valence-corrected chi connectivity index (χ0v) is 22.4. The zero-order valence-electron chi connectivity index (χ0n) is 20.8. The molecule has 0 fully saturated rings. The Morgan fingerprint density at radius 1 is 1.05 bits per heavy atom. The molecule has 0 unspecified atom stereocenters. The Hall–Kier alpha value is -4.22. The van der Waals surface area contributed by atoms with E-state index in [1.54, 1.807) is 35.8 Å². The zero-order chi connectivity index (χ0) is 26.8. The Labute approximate surface area is 226 Å². The minimum atomic E-state index is -0.906. The number of benzene rings is 2. The van der Waals surface area contributed by atoms with Gasteiger partial charge in [-0.1, -0.05) is 47.7 Å². The van der Waals surface area contributed by atoms with Crippen LogP contribution in [0.25, 0.3) is 30.4 Å². The first-order valence-corrected chi connectivity index (χ1v) is 13.3. The maximum atomic E-state index is 12.6. The monoisotopic (exact) mass is 548 g/mol. The Morgan fingerprint density at radius 2 is 1.76 bits per heavy atom. The van der Waals surface area contributed by atoms with Crippen LogP contribution < -0.4 is 10.1 Å². The summed E-state index contributed by atoms with van der Waals surface area (Å²) >= 11 is 3.16. The Morgan fingerprint density at radius 3 is 2.47 bits per heavy atom. The van der Waals surface area contributed by atoms with Crippen LogP contribution in [0.5, 0.6) is 5.75 Å². The molecule has 0 aliphatic carbocycles. The Bertz CT molecular complexity index is 1590. The topological polar surface area (TPSA) is 116 Å². The molecule has 9 nitrogen and oxygen atoms in total. The molecular weight excluding hydrogens is 524 g/mol. The molecule has 3 aromatic heterocycles. The highest BCUT2D eigenvalue weighted by molar-refractivity contribution is 7.31. The summed E-state index contributed by atoms with van der Waals surface area (Å²) in [6.45, 7) is 1.82. The van der Waals surface area contributed by atoms with Crippen molar-refractivity contribution in [2.75, 3.05) is 12.4 Å². The Kier molecular flexibility index (Phi) is 7.12. The molecule has 194 valence electrons. The van der Waals surface area contributed by atoms with Gasteiger partial charge in [-0.3, -0.25) is 10.1 Å². The first-order valence-electron chi connectivity index (χ1n) is 11.7. The van der Waals surface area contributed by atoms with Gasteiger partial charge in [0.1, 0.15) is 17.5 Å². The van der Waals surface area contributed by atoms with E-state index < -0.39 is 18.2 Å². The average Bonchev–Trinajstić information content (AvgIpc) is 3.58. The second-order valence-corrected chi connectivity index (χ2v) is 10.7. The lowest BCUT2D eigenvalue weighted by atomic mass is 10.1. The third-order valence-corrected chi connectivity index (χ3v) is 8.30. The summed E-state index contributed by atoms with van der Waals surface area (Å²) in [6.07, 6.45) is -1.10. The number of hydrogen-bond donors (Lipinski definition) is 2. The number of amides is 1. The number of aryl methyl sites for hydroxylation is 1. The number of carbonyl (C=O) groups is 2. The first kappa shape index (κ1) is 25.4. The van der Waals surface area contributed by atoms with E-state index in [4.69, 9.17) is 14.6 Å². The van der Waals surface area contributed by atoms with Crippen molar-refractivity contribution in [1.29, 1.82) is 0 Å². The van der Waals surface area contributed by atoms with Gasteiger partial charge in [0.15, 0.2) is 5.82 Å². The van der Waals surface area contributed by atoms with E-state index in [-0.39, 0.29) is 6.42 Å². The lowest BCUT2D eigenvalue weighted by Gasteiger charge is -2.14. The van der Waals surface area contributed by atoms with Crippen LogP contribution in [-0.4, -0.2) is 39.3 Å². The van der Waals surface area contributed by atoms with Crippen molar-refractivity contribution in [3.8, 4) is 26.8 Å². The van der Waals surface area contributed by atoms with E-state index in [9.17, 15) is 9.59 Å². The van der Waals surface area contributed by atoms with Crippen LogP contribution >= 0.6 is 22.7 Å². The summed E-state index contributed by atoms with van der Waals surface area (Å²) in [5, 5.41) is 20.3. The molecule has 0 aliphatic heterocycles. The summed E-state index contributed by atoms with van der Waals surface area (Å²) in [5.74, 6) is 0.0892. The number of rotatable bonds is 8. The van der Waals surface area contributed by atoms with Crippen LogP contribution in [0.4, 0.5) is 10.6 Å². The molecule has 1 atom stereocenters. The van der Waals surface area contributed by atoms with E-state index in [1.165, 1.54) is 11.8 Å². The number of fused-ring (bicyclic) bond motifs is 1. The number of aromatic nitrogens is 3. The number of aliphatic carboxylic acids is 1. The van der Waals surface area contributed by atoms with Gasteiger partial charge in [-0.2, -0.15) is 0 Å². The lowest BCUT2D eigenvalue weighted by molar-refractivity contribution is -0.136. The van der Waals surface area contributed by atoms with Gasteiger partial charge in [-0.25, -0.2) is 9.48 Å². The van der Waals surface area contributed by atoms with Crippen LogP contribution in [-0.2, 0) is 23.0 Å². The predicted molar refractivity (Wildman–Crippen MR) is 148 cm³/mol. The van der Waals surface area contributed by atoms with Crippen LogP contribution in [0.2, 0.25) is 0 Å². The highest BCUT2D eigenvalue weighted by Crippen LogP contribution is 2.43. The van der Waals surface area contributed by atoms with Crippen molar-refractivity contribution in [3.63, 3.8) is 0 Å². The van der Waals surface area contributed by atoms with Gasteiger partial charge in [-0.15, -0.1) is 27.8 Å². The standard InChI is InChI=1S/C27H24N4O5S2/c1-15(16-7-5-4-6-8-16)36-27(34)28-26-25(29-30-31(26)2)23-14-22-21(38-23)13-20(37-22)18-10-9-17(12-24(32)33)19(11-18)35-3/h4-11,13-15H,12H2,1-3H3,(H,28,34)(H,32,33)/t15-/m1/s1. The number of carbonyl (C=O) groups excluding carboxylic acids is 1. The molecule has 5 aromatic rings. The van der Waals surface area contributed by atoms with Gasteiger partial charge in [0.25, 0.3) is 0 Å². The molecule has 0 saturated carbocycles. The fraction of sp³-hybridized carbons (Fsp3) is 0.185. The van der Waals surface area contributed by atoms with E-state index >= 15 is 0 Å². The van der Waals surface area contributed by atoms with Crippen molar-refractivity contribution < 1.29 is 24.2 Å². The summed E-state index contributed by atoms with van der Waals surface area (Å²) in [6, 6.07) is 19.2. The molecular formula is C27H24N4O5S2. The fourth-order valence-electron chi connectivity index (χ4n) is 4.04. The molecule has 0 aliphatic rings. The van der Waals surface area contributed by atoms with Crippen LogP contribution in [0.1, 0.15) is 24.2 Å². The quantitative estimate of drug-likeness (QED) is 0.231. The summed E-state index contributed by atoms with van der Waals surface area (Å²) in [7, 11) is 3.25. The number of ether oxygens (including phenoxy) is 2. The molecule has 5 rings (SSSR count). The summed E-state index contributed by atoms with van der Waals surface area (Å²) < 4.78 is 14.6. The number of carboxylic acids is 1. The lowest BCUT2D eigenvalue weighted by Crippen LogP contribution is -2.18. The molecule has 11 heteroatoms. The van der Waals surface area contributed by atoms with Crippen molar-refractivity contribution in [3.05, 3.63) is 71.8 Å². The minimum absolute atomic E-state index is 0.0977. The van der Waals surface area contributed by atoms with E-state index in [1.807, 2.05) is 55.5 Å². The highest BCUT2D eigenvalue weighted by Gasteiger charge is 2.21. The minimum Gasteiger partial charge on any atom is -0.496 e. The van der Waals surface area contributed by atoms with Crippen molar-refractivity contribution in [2.45, 2.75) is 19.4 Å². The summed E-state index contributed by atoms with van der Waals surface area (Å²) in [5.41, 5.74) is 3.03. The van der Waals surface area contributed by atoms with E-state index in [0.29, 0.717) is 22.8 Å². The number of nitrogens with zero attached hydrogens (tertiary/aromatic N) is 3.